The number of carbonyl (C=O) groups excluding carboxylic acids is 2. The van der Waals surface area contributed by atoms with Crippen molar-refractivity contribution in [3.8, 4) is 5.75 Å². The van der Waals surface area contributed by atoms with Gasteiger partial charge in [-0.1, -0.05) is 23.2 Å². The monoisotopic (exact) mass is 528 g/mol. The lowest BCUT2D eigenvalue weighted by Gasteiger charge is -2.21. The maximum atomic E-state index is 12.4. The standard InChI is InChI=1S/C20H19BrCl2N4O4/c1-11-19(21)27-7-3-4-15(20(27)25-11)31-10-12-13(22)5-6-14(18(12)23)26(2)17(30)8-24-16(29)9-28/h3-7,28H,8-10H2,1-2H3,(H,24,29). The van der Waals surface area contributed by atoms with Crippen LogP contribution in [0.4, 0.5) is 5.69 Å². The maximum Gasteiger partial charge on any atom is 0.246 e. The number of nitrogens with zero attached hydrogens (tertiary/aromatic N) is 3. The van der Waals surface area contributed by atoms with Gasteiger partial charge >= 0.3 is 0 Å². The molecule has 2 amide bonds. The molecule has 0 saturated heterocycles. The first kappa shape index (κ1) is 23.3. The summed E-state index contributed by atoms with van der Waals surface area (Å²) in [5, 5.41) is 11.7. The van der Waals surface area contributed by atoms with Crippen LogP contribution in [0.25, 0.3) is 5.65 Å². The number of hydrogen-bond donors (Lipinski definition) is 2. The van der Waals surface area contributed by atoms with Gasteiger partial charge in [0.15, 0.2) is 11.4 Å². The summed E-state index contributed by atoms with van der Waals surface area (Å²) in [7, 11) is 1.53. The van der Waals surface area contributed by atoms with Gasteiger partial charge in [0, 0.05) is 23.8 Å². The molecule has 3 rings (SSSR count). The molecule has 0 bridgehead atoms. The van der Waals surface area contributed by atoms with E-state index in [9.17, 15) is 9.59 Å². The number of carbonyl (C=O) groups is 2. The van der Waals surface area contributed by atoms with Crippen LogP contribution < -0.4 is 15.0 Å². The van der Waals surface area contributed by atoms with Crippen molar-refractivity contribution < 1.29 is 19.4 Å². The topological polar surface area (TPSA) is 96.2 Å². The highest BCUT2D eigenvalue weighted by atomic mass is 79.9. The molecule has 11 heteroatoms. The van der Waals surface area contributed by atoms with Crippen LogP contribution in [-0.4, -0.2) is 46.5 Å². The third kappa shape index (κ3) is 4.95. The minimum atomic E-state index is -0.695. The van der Waals surface area contributed by atoms with Crippen LogP contribution in [-0.2, 0) is 16.2 Å². The number of hydrogen-bond acceptors (Lipinski definition) is 5. The van der Waals surface area contributed by atoms with Crippen LogP contribution in [0.2, 0.25) is 10.0 Å². The van der Waals surface area contributed by atoms with Crippen LogP contribution in [0.3, 0.4) is 0 Å². The van der Waals surface area contributed by atoms with E-state index in [1.54, 1.807) is 18.2 Å². The lowest BCUT2D eigenvalue weighted by molar-refractivity contribution is -0.126. The highest BCUT2D eigenvalue weighted by molar-refractivity contribution is 9.10. The van der Waals surface area contributed by atoms with Crippen molar-refractivity contribution in [3.63, 3.8) is 0 Å². The Hall–Kier alpha value is -2.33. The normalized spacial score (nSPS) is 10.9. The van der Waals surface area contributed by atoms with Gasteiger partial charge in [-0.15, -0.1) is 0 Å². The summed E-state index contributed by atoms with van der Waals surface area (Å²) in [6, 6.07) is 6.85. The molecule has 0 atom stereocenters. The highest BCUT2D eigenvalue weighted by Crippen LogP contribution is 2.35. The Kier molecular flexibility index (Phi) is 7.42. The van der Waals surface area contributed by atoms with Crippen molar-refractivity contribution in [2.75, 3.05) is 25.1 Å². The van der Waals surface area contributed by atoms with Crippen molar-refractivity contribution >= 4 is 62.3 Å². The Morgan fingerprint density at radius 3 is 2.77 bits per heavy atom. The summed E-state index contributed by atoms with van der Waals surface area (Å²) in [6.07, 6.45) is 1.86. The highest BCUT2D eigenvalue weighted by Gasteiger charge is 2.19. The van der Waals surface area contributed by atoms with E-state index in [1.807, 2.05) is 23.6 Å². The number of anilines is 1. The molecule has 0 aliphatic heterocycles. The molecule has 0 radical (unpaired) electrons. The summed E-state index contributed by atoms with van der Waals surface area (Å²) in [6.45, 7) is 0.961. The number of nitrogens with one attached hydrogen (secondary N) is 1. The third-order valence-electron chi connectivity index (χ3n) is 4.57. The zero-order valence-electron chi connectivity index (χ0n) is 16.7. The Morgan fingerprint density at radius 1 is 1.32 bits per heavy atom. The van der Waals surface area contributed by atoms with Crippen molar-refractivity contribution in [1.82, 2.24) is 14.7 Å². The number of imidazole rings is 1. The third-order valence-corrected chi connectivity index (χ3v) is 6.30. The van der Waals surface area contributed by atoms with Crippen molar-refractivity contribution in [2.45, 2.75) is 13.5 Å². The minimum Gasteiger partial charge on any atom is -0.485 e. The van der Waals surface area contributed by atoms with E-state index < -0.39 is 18.4 Å². The average molecular weight is 530 g/mol. The molecule has 0 saturated carbocycles. The Bertz CT molecular complexity index is 1150. The SMILES string of the molecule is Cc1nc2c(OCc3c(Cl)ccc(N(C)C(=O)CNC(=O)CO)c3Cl)cccn2c1Br. The van der Waals surface area contributed by atoms with Gasteiger partial charge in [0.1, 0.15) is 17.8 Å². The van der Waals surface area contributed by atoms with Gasteiger partial charge in [-0.25, -0.2) is 4.98 Å². The second-order valence-electron chi connectivity index (χ2n) is 6.59. The van der Waals surface area contributed by atoms with Crippen LogP contribution in [0.5, 0.6) is 5.75 Å². The molecule has 1 aromatic carbocycles. The number of aliphatic hydroxyl groups excluding tert-OH is 1. The van der Waals surface area contributed by atoms with Gasteiger partial charge in [0.25, 0.3) is 0 Å². The summed E-state index contributed by atoms with van der Waals surface area (Å²) in [5.41, 5.74) is 2.37. The van der Waals surface area contributed by atoms with E-state index >= 15 is 0 Å². The molecule has 164 valence electrons. The number of likely N-dealkylation sites (N-methyl/N-ethyl adjacent to an activating group) is 1. The van der Waals surface area contributed by atoms with Gasteiger partial charge in [-0.2, -0.15) is 0 Å². The smallest absolute Gasteiger partial charge is 0.246 e. The first-order valence-corrected chi connectivity index (χ1v) is 10.7. The van der Waals surface area contributed by atoms with Crippen LogP contribution >= 0.6 is 39.1 Å². The molecular weight excluding hydrogens is 511 g/mol. The van der Waals surface area contributed by atoms with Gasteiger partial charge < -0.3 is 20.1 Å². The summed E-state index contributed by atoms with van der Waals surface area (Å²) >= 11 is 16.4. The van der Waals surface area contributed by atoms with Crippen LogP contribution in [0, 0.1) is 6.92 Å². The zero-order chi connectivity index (χ0) is 22.7. The summed E-state index contributed by atoms with van der Waals surface area (Å²) in [4.78, 5) is 29.3. The molecule has 0 aliphatic rings. The zero-order valence-corrected chi connectivity index (χ0v) is 19.8. The van der Waals surface area contributed by atoms with E-state index in [0.717, 1.165) is 10.3 Å². The minimum absolute atomic E-state index is 0.0536. The van der Waals surface area contributed by atoms with E-state index in [0.29, 0.717) is 27.7 Å². The number of ether oxygens (including phenoxy) is 1. The first-order valence-electron chi connectivity index (χ1n) is 9.11. The molecule has 0 spiro atoms. The van der Waals surface area contributed by atoms with Gasteiger partial charge in [0.05, 0.1) is 22.9 Å². The number of amides is 2. The fourth-order valence-corrected chi connectivity index (χ4v) is 3.83. The summed E-state index contributed by atoms with van der Waals surface area (Å²) in [5.74, 6) is -0.515. The molecular formula is C20H19BrCl2N4O4. The van der Waals surface area contributed by atoms with Crippen molar-refractivity contribution in [1.29, 1.82) is 0 Å². The molecule has 8 nitrogen and oxygen atoms in total. The molecule has 2 heterocycles. The first-order chi connectivity index (χ1) is 14.7. The molecule has 0 aliphatic carbocycles. The molecule has 2 N–H and O–H groups in total. The van der Waals surface area contributed by atoms with E-state index in [-0.39, 0.29) is 18.2 Å². The average Bonchev–Trinajstić information content (AvgIpc) is 3.05. The molecule has 31 heavy (non-hydrogen) atoms. The number of pyridine rings is 1. The number of aliphatic hydroxyl groups is 1. The van der Waals surface area contributed by atoms with Crippen LogP contribution in [0.15, 0.2) is 35.1 Å². The van der Waals surface area contributed by atoms with Crippen molar-refractivity contribution in [3.05, 3.63) is 56.4 Å². The van der Waals surface area contributed by atoms with E-state index in [1.165, 1.54) is 11.9 Å². The number of aromatic nitrogens is 2. The Morgan fingerprint density at radius 2 is 2.06 bits per heavy atom. The fraction of sp³-hybridized carbons (Fsp3) is 0.250. The second kappa shape index (κ2) is 9.86. The van der Waals surface area contributed by atoms with Crippen molar-refractivity contribution in [2.24, 2.45) is 0 Å². The number of fused-ring (bicyclic) bond motifs is 1. The Balaban J connectivity index is 1.82. The van der Waals surface area contributed by atoms with Gasteiger partial charge in [0.2, 0.25) is 11.8 Å². The predicted octanol–water partition coefficient (Wildman–Crippen LogP) is 3.36. The van der Waals surface area contributed by atoms with Gasteiger partial charge in [-0.3, -0.25) is 14.0 Å². The largest absolute Gasteiger partial charge is 0.485 e. The van der Waals surface area contributed by atoms with E-state index in [4.69, 9.17) is 33.0 Å². The second-order valence-corrected chi connectivity index (χ2v) is 8.13. The Labute approximate surface area is 196 Å². The van der Waals surface area contributed by atoms with Gasteiger partial charge in [-0.05, 0) is 47.1 Å². The molecule has 0 unspecified atom stereocenters. The number of aryl methyl sites for hydroxylation is 1. The van der Waals surface area contributed by atoms with E-state index in [2.05, 4.69) is 26.2 Å². The maximum absolute atomic E-state index is 12.4. The fourth-order valence-electron chi connectivity index (χ4n) is 2.85. The number of halogens is 3. The number of benzene rings is 1. The number of rotatable bonds is 7. The summed E-state index contributed by atoms with van der Waals surface area (Å²) < 4.78 is 8.65. The molecule has 3 aromatic rings. The quantitative estimate of drug-likeness (QED) is 0.489. The predicted molar refractivity (Wildman–Crippen MR) is 122 cm³/mol. The molecule has 0 fully saturated rings. The lowest BCUT2D eigenvalue weighted by Crippen LogP contribution is -2.39. The lowest BCUT2D eigenvalue weighted by atomic mass is 10.2. The molecule has 2 aromatic heterocycles. The van der Waals surface area contributed by atoms with Crippen LogP contribution in [0.1, 0.15) is 11.3 Å².